The number of hydrogen-bond acceptors (Lipinski definition) is 5. The zero-order valence-corrected chi connectivity index (χ0v) is 18.7. The number of methoxy groups -OCH3 is 1. The third kappa shape index (κ3) is 5.25. The number of benzene rings is 2. The van der Waals surface area contributed by atoms with Crippen molar-refractivity contribution in [1.29, 1.82) is 0 Å². The number of nitrogens with zero attached hydrogens (tertiary/aromatic N) is 2. The van der Waals surface area contributed by atoms with Crippen molar-refractivity contribution in [3.8, 4) is 5.75 Å². The number of sulfonamides is 1. The van der Waals surface area contributed by atoms with E-state index in [1.54, 1.807) is 15.9 Å². The number of amides is 1. The molecule has 1 aliphatic heterocycles. The molecule has 11 heteroatoms. The third-order valence-electron chi connectivity index (χ3n) is 5.70. The van der Waals surface area contributed by atoms with Crippen LogP contribution in [0.2, 0.25) is 0 Å². The third-order valence-corrected chi connectivity index (χ3v) is 7.25. The van der Waals surface area contributed by atoms with Crippen molar-refractivity contribution in [3.63, 3.8) is 0 Å². The van der Waals surface area contributed by atoms with Crippen LogP contribution in [0.25, 0.3) is 0 Å². The molecular weight excluding hydrogens is 459 g/mol. The molecule has 0 aromatic heterocycles. The van der Waals surface area contributed by atoms with E-state index in [0.29, 0.717) is 31.9 Å². The van der Waals surface area contributed by atoms with Crippen molar-refractivity contribution in [2.45, 2.75) is 30.0 Å². The highest BCUT2D eigenvalue weighted by Crippen LogP contribution is 2.32. The Bertz CT molecular complexity index is 1140. The monoisotopic (exact) mass is 483 g/mol. The van der Waals surface area contributed by atoms with Crippen molar-refractivity contribution in [3.05, 3.63) is 53.6 Å². The summed E-state index contributed by atoms with van der Waals surface area (Å²) in [5.41, 5.74) is -0.0642. The van der Waals surface area contributed by atoms with Crippen molar-refractivity contribution >= 4 is 21.6 Å². The van der Waals surface area contributed by atoms with Crippen LogP contribution in [0.1, 0.15) is 28.8 Å². The Kier molecular flexibility index (Phi) is 6.28. The summed E-state index contributed by atoms with van der Waals surface area (Å²) in [6.45, 7) is 1.31. The van der Waals surface area contributed by atoms with E-state index < -0.39 is 21.8 Å². The van der Waals surface area contributed by atoms with E-state index in [4.69, 9.17) is 4.74 Å². The molecule has 2 fully saturated rings. The highest BCUT2D eigenvalue weighted by Gasteiger charge is 2.32. The van der Waals surface area contributed by atoms with Crippen molar-refractivity contribution in [1.82, 2.24) is 9.62 Å². The zero-order valence-electron chi connectivity index (χ0n) is 17.9. The summed E-state index contributed by atoms with van der Waals surface area (Å²) in [6, 6.07) is 9.28. The van der Waals surface area contributed by atoms with Gasteiger partial charge in [0.05, 0.1) is 12.7 Å². The van der Waals surface area contributed by atoms with Crippen molar-refractivity contribution < 1.29 is 31.1 Å². The molecule has 4 rings (SSSR count). The highest BCUT2D eigenvalue weighted by atomic mass is 32.2. The van der Waals surface area contributed by atoms with Crippen LogP contribution in [0.15, 0.2) is 47.4 Å². The fraction of sp³-hybridized carbons (Fsp3) is 0.409. The first-order valence-electron chi connectivity index (χ1n) is 10.5. The molecule has 0 bridgehead atoms. The van der Waals surface area contributed by atoms with E-state index in [9.17, 15) is 26.4 Å². The lowest BCUT2D eigenvalue weighted by Gasteiger charge is -2.36. The summed E-state index contributed by atoms with van der Waals surface area (Å²) in [6.07, 6.45) is -2.87. The maximum Gasteiger partial charge on any atom is 0.416 e. The molecule has 7 nitrogen and oxygen atoms in total. The average molecular weight is 484 g/mol. The number of anilines is 1. The van der Waals surface area contributed by atoms with Crippen molar-refractivity contribution in [2.75, 3.05) is 38.2 Å². The van der Waals surface area contributed by atoms with E-state index in [2.05, 4.69) is 4.72 Å². The van der Waals surface area contributed by atoms with Crippen molar-refractivity contribution in [2.24, 2.45) is 0 Å². The van der Waals surface area contributed by atoms with Crippen LogP contribution >= 0.6 is 0 Å². The molecule has 2 aromatic carbocycles. The Hall–Kier alpha value is -2.79. The van der Waals surface area contributed by atoms with Gasteiger partial charge in [-0.2, -0.15) is 13.2 Å². The van der Waals surface area contributed by atoms with E-state index in [-0.39, 0.29) is 28.2 Å². The molecule has 1 aliphatic carbocycles. The maximum atomic E-state index is 13.0. The fourth-order valence-electron chi connectivity index (χ4n) is 3.73. The first-order valence-corrected chi connectivity index (χ1v) is 12.0. The molecule has 1 N–H and O–H groups in total. The SMILES string of the molecule is COc1ccc(C(=O)N2CCN(c3cccc(C(F)(F)F)c3)CC2)cc1S(=O)(=O)NC1CC1. The summed E-state index contributed by atoms with van der Waals surface area (Å²) in [7, 11) is -2.47. The summed E-state index contributed by atoms with van der Waals surface area (Å²) in [4.78, 5) is 16.3. The van der Waals surface area contributed by atoms with Crippen LogP contribution in [-0.4, -0.2) is 58.6 Å². The molecular formula is C22H24F3N3O4S. The molecule has 2 aromatic rings. The quantitative estimate of drug-likeness (QED) is 0.683. The lowest BCUT2D eigenvalue weighted by atomic mass is 10.1. The Morgan fingerprint density at radius 3 is 2.36 bits per heavy atom. The number of carbonyl (C=O) groups is 1. The molecule has 1 amide bonds. The Morgan fingerprint density at radius 2 is 1.76 bits per heavy atom. The average Bonchev–Trinajstić information content (AvgIpc) is 3.61. The summed E-state index contributed by atoms with van der Waals surface area (Å²) in [5, 5.41) is 0. The Balaban J connectivity index is 1.47. The second kappa shape index (κ2) is 8.86. The topological polar surface area (TPSA) is 79.0 Å². The molecule has 33 heavy (non-hydrogen) atoms. The molecule has 0 unspecified atom stereocenters. The second-order valence-corrected chi connectivity index (χ2v) is 9.77. The molecule has 1 heterocycles. The van der Waals surface area contributed by atoms with E-state index >= 15 is 0 Å². The molecule has 1 saturated heterocycles. The molecule has 2 aliphatic rings. The maximum absolute atomic E-state index is 13.0. The number of alkyl halides is 3. The molecule has 1 saturated carbocycles. The van der Waals surface area contributed by atoms with E-state index in [1.807, 2.05) is 0 Å². The van der Waals surface area contributed by atoms with Crippen LogP contribution in [-0.2, 0) is 16.2 Å². The van der Waals surface area contributed by atoms with Gasteiger partial charge < -0.3 is 14.5 Å². The van der Waals surface area contributed by atoms with Gasteiger partial charge in [-0.3, -0.25) is 4.79 Å². The number of ether oxygens (including phenoxy) is 1. The van der Waals surface area contributed by atoms with Gasteiger partial charge in [0.2, 0.25) is 10.0 Å². The smallest absolute Gasteiger partial charge is 0.416 e. The van der Waals surface area contributed by atoms with Crippen LogP contribution in [0.5, 0.6) is 5.75 Å². The predicted octanol–water partition coefficient (Wildman–Crippen LogP) is 3.12. The van der Waals surface area contributed by atoms with Gasteiger partial charge in [0.25, 0.3) is 5.91 Å². The van der Waals surface area contributed by atoms with E-state index in [1.165, 1.54) is 31.4 Å². The number of piperazine rings is 1. The van der Waals surface area contributed by atoms with Gasteiger partial charge in [0.1, 0.15) is 10.6 Å². The highest BCUT2D eigenvalue weighted by molar-refractivity contribution is 7.89. The molecule has 0 spiro atoms. The van der Waals surface area contributed by atoms with Gasteiger partial charge in [0.15, 0.2) is 0 Å². The Labute approximate surface area is 190 Å². The first kappa shape index (κ1) is 23.4. The number of hydrogen-bond donors (Lipinski definition) is 1. The summed E-state index contributed by atoms with van der Waals surface area (Å²) < 4.78 is 72.2. The van der Waals surface area contributed by atoms with Gasteiger partial charge in [-0.1, -0.05) is 6.07 Å². The molecule has 0 radical (unpaired) electrons. The number of halogens is 3. The number of nitrogens with one attached hydrogen (secondary N) is 1. The fourth-order valence-corrected chi connectivity index (χ4v) is 5.23. The zero-order chi connectivity index (χ0) is 23.8. The molecule has 178 valence electrons. The Morgan fingerprint density at radius 1 is 1.06 bits per heavy atom. The van der Waals surface area contributed by atoms with Crippen LogP contribution in [0.3, 0.4) is 0 Å². The number of carbonyl (C=O) groups excluding carboxylic acids is 1. The minimum atomic E-state index is -4.42. The molecule has 0 atom stereocenters. The minimum absolute atomic E-state index is 0.0923. The predicted molar refractivity (Wildman–Crippen MR) is 116 cm³/mol. The summed E-state index contributed by atoms with van der Waals surface area (Å²) >= 11 is 0. The van der Waals surface area contributed by atoms with Crippen LogP contribution < -0.4 is 14.4 Å². The lowest BCUT2D eigenvalue weighted by molar-refractivity contribution is -0.137. The second-order valence-electron chi connectivity index (χ2n) is 8.09. The van der Waals surface area contributed by atoms with Crippen LogP contribution in [0.4, 0.5) is 18.9 Å². The number of rotatable bonds is 6. The van der Waals surface area contributed by atoms with E-state index in [0.717, 1.165) is 25.0 Å². The van der Waals surface area contributed by atoms with Gasteiger partial charge in [-0.15, -0.1) is 0 Å². The largest absolute Gasteiger partial charge is 0.495 e. The minimum Gasteiger partial charge on any atom is -0.495 e. The lowest BCUT2D eigenvalue weighted by Crippen LogP contribution is -2.48. The summed E-state index contributed by atoms with van der Waals surface area (Å²) in [5.74, 6) is -0.196. The van der Waals surface area contributed by atoms with Gasteiger partial charge >= 0.3 is 6.18 Å². The normalized spacial score (nSPS) is 17.2. The standard InChI is InChI=1S/C22H24F3N3O4S/c1-32-19-8-5-15(13-20(19)33(30,31)26-17-6-7-17)21(29)28-11-9-27(10-12-28)18-4-2-3-16(14-18)22(23,24)25/h2-5,8,13-14,17,26H,6-7,9-12H2,1H3. The van der Waals surface area contributed by atoms with Crippen LogP contribution in [0, 0.1) is 0 Å². The van der Waals surface area contributed by atoms with Gasteiger partial charge in [-0.25, -0.2) is 13.1 Å². The van der Waals surface area contributed by atoms with Gasteiger partial charge in [-0.05, 0) is 49.2 Å². The van der Waals surface area contributed by atoms with Gasteiger partial charge in [0, 0.05) is 43.5 Å². The first-order chi connectivity index (χ1) is 15.6.